The second kappa shape index (κ2) is 6.93. The largest absolute Gasteiger partial charge is 0.339 e. The Kier molecular flexibility index (Phi) is 5.48. The fourth-order valence-electron chi connectivity index (χ4n) is 3.65. The van der Waals surface area contributed by atoms with E-state index in [4.69, 9.17) is 0 Å². The summed E-state index contributed by atoms with van der Waals surface area (Å²) >= 11 is 0. The zero-order valence-electron chi connectivity index (χ0n) is 13.6. The molecule has 1 N–H and O–H groups in total. The van der Waals surface area contributed by atoms with Crippen molar-refractivity contribution < 1.29 is 4.79 Å². The van der Waals surface area contributed by atoms with Gasteiger partial charge in [-0.15, -0.1) is 0 Å². The van der Waals surface area contributed by atoms with E-state index in [9.17, 15) is 4.79 Å². The van der Waals surface area contributed by atoms with Crippen molar-refractivity contribution in [1.29, 1.82) is 0 Å². The van der Waals surface area contributed by atoms with E-state index in [1.807, 2.05) is 0 Å². The van der Waals surface area contributed by atoms with Crippen molar-refractivity contribution >= 4 is 5.91 Å². The minimum absolute atomic E-state index is 0.199. The maximum atomic E-state index is 13.0. The van der Waals surface area contributed by atoms with Crippen LogP contribution in [0, 0.1) is 11.3 Å². The molecule has 0 aromatic heterocycles. The summed E-state index contributed by atoms with van der Waals surface area (Å²) in [5.74, 6) is 1.11. The molecule has 0 radical (unpaired) electrons. The van der Waals surface area contributed by atoms with E-state index in [1.54, 1.807) is 0 Å². The number of rotatable bonds is 3. The van der Waals surface area contributed by atoms with Gasteiger partial charge in [0.2, 0.25) is 5.91 Å². The molecule has 2 aliphatic heterocycles. The predicted octanol–water partition coefficient (Wildman–Crippen LogP) is 3.19. The molecule has 3 nitrogen and oxygen atoms in total. The minimum Gasteiger partial charge on any atom is -0.339 e. The third-order valence-electron chi connectivity index (χ3n) is 5.45. The fraction of sp³-hybridized carbons (Fsp3) is 0.941. The quantitative estimate of drug-likeness (QED) is 0.861. The molecule has 2 aliphatic rings. The van der Waals surface area contributed by atoms with E-state index < -0.39 is 0 Å². The van der Waals surface area contributed by atoms with Gasteiger partial charge in [-0.1, -0.05) is 33.6 Å². The Labute approximate surface area is 124 Å². The van der Waals surface area contributed by atoms with Crippen LogP contribution in [0.4, 0.5) is 0 Å². The van der Waals surface area contributed by atoms with Gasteiger partial charge in [0.25, 0.3) is 0 Å². The number of nitrogens with zero attached hydrogens (tertiary/aromatic N) is 1. The molecule has 2 fully saturated rings. The molecular formula is C17H32N2O. The van der Waals surface area contributed by atoms with E-state index in [1.165, 1.54) is 38.5 Å². The molecule has 0 aromatic rings. The monoisotopic (exact) mass is 280 g/mol. The van der Waals surface area contributed by atoms with Crippen LogP contribution in [0.3, 0.4) is 0 Å². The molecule has 20 heavy (non-hydrogen) atoms. The van der Waals surface area contributed by atoms with Gasteiger partial charge in [0.05, 0.1) is 0 Å². The second-order valence-electron chi connectivity index (χ2n) is 7.24. The van der Waals surface area contributed by atoms with Crippen molar-refractivity contribution in [2.24, 2.45) is 11.3 Å². The third-order valence-corrected chi connectivity index (χ3v) is 5.45. The van der Waals surface area contributed by atoms with Gasteiger partial charge in [-0.25, -0.2) is 0 Å². The smallest absolute Gasteiger partial charge is 0.228 e. The van der Waals surface area contributed by atoms with Crippen molar-refractivity contribution in [3.8, 4) is 0 Å². The Morgan fingerprint density at radius 2 is 1.85 bits per heavy atom. The summed E-state index contributed by atoms with van der Waals surface area (Å²) in [6, 6.07) is 0.498. The first-order chi connectivity index (χ1) is 9.56. The first kappa shape index (κ1) is 15.8. The Balaban J connectivity index is 2.14. The molecule has 116 valence electrons. The molecular weight excluding hydrogens is 248 g/mol. The topological polar surface area (TPSA) is 32.3 Å². The highest BCUT2D eigenvalue weighted by atomic mass is 16.2. The number of likely N-dealkylation sites (tertiary alicyclic amines) is 1. The molecule has 2 heterocycles. The summed E-state index contributed by atoms with van der Waals surface area (Å²) < 4.78 is 0. The normalized spacial score (nSPS) is 26.4. The maximum absolute atomic E-state index is 13.0. The standard InChI is InChI=1S/C17H32N2O/c1-4-17(2,3)16(20)19-13-7-5-6-8-15(19)14-9-11-18-12-10-14/h14-15,18H,4-13H2,1-3H3. The summed E-state index contributed by atoms with van der Waals surface area (Å²) in [5.41, 5.74) is -0.199. The number of piperidine rings is 1. The zero-order valence-corrected chi connectivity index (χ0v) is 13.6. The van der Waals surface area contributed by atoms with E-state index >= 15 is 0 Å². The zero-order chi connectivity index (χ0) is 14.6. The van der Waals surface area contributed by atoms with E-state index in [-0.39, 0.29) is 5.41 Å². The van der Waals surface area contributed by atoms with E-state index in [0.29, 0.717) is 17.9 Å². The van der Waals surface area contributed by atoms with Gasteiger partial charge in [0.1, 0.15) is 0 Å². The number of hydrogen-bond acceptors (Lipinski definition) is 2. The van der Waals surface area contributed by atoms with Crippen LogP contribution in [0.15, 0.2) is 0 Å². The van der Waals surface area contributed by atoms with Crippen molar-refractivity contribution in [3.63, 3.8) is 0 Å². The highest BCUT2D eigenvalue weighted by molar-refractivity contribution is 5.82. The average Bonchev–Trinajstić information content (AvgIpc) is 2.73. The second-order valence-corrected chi connectivity index (χ2v) is 7.24. The molecule has 2 saturated heterocycles. The number of carbonyl (C=O) groups is 1. The van der Waals surface area contributed by atoms with Crippen LogP contribution in [0.5, 0.6) is 0 Å². The van der Waals surface area contributed by atoms with Gasteiger partial charge in [-0.05, 0) is 51.1 Å². The first-order valence-corrected chi connectivity index (χ1v) is 8.58. The van der Waals surface area contributed by atoms with Gasteiger partial charge >= 0.3 is 0 Å². The van der Waals surface area contributed by atoms with Crippen molar-refractivity contribution in [2.75, 3.05) is 19.6 Å². The van der Waals surface area contributed by atoms with Gasteiger partial charge in [-0.3, -0.25) is 4.79 Å². The number of hydrogen-bond donors (Lipinski definition) is 1. The first-order valence-electron chi connectivity index (χ1n) is 8.58. The SMILES string of the molecule is CCC(C)(C)C(=O)N1CCCCCC1C1CCNCC1. The average molecular weight is 280 g/mol. The fourth-order valence-corrected chi connectivity index (χ4v) is 3.65. The molecule has 1 unspecified atom stereocenters. The molecule has 1 amide bonds. The molecule has 0 aromatic carbocycles. The Morgan fingerprint density at radius 1 is 1.15 bits per heavy atom. The van der Waals surface area contributed by atoms with Crippen molar-refractivity contribution in [1.82, 2.24) is 10.2 Å². The van der Waals surface area contributed by atoms with Crippen LogP contribution < -0.4 is 5.32 Å². The predicted molar refractivity (Wildman–Crippen MR) is 83.6 cm³/mol. The summed E-state index contributed by atoms with van der Waals surface area (Å²) in [7, 11) is 0. The summed E-state index contributed by atoms with van der Waals surface area (Å²) in [5, 5.41) is 3.45. The Morgan fingerprint density at radius 3 is 2.50 bits per heavy atom. The molecule has 0 saturated carbocycles. The molecule has 0 spiro atoms. The molecule has 0 bridgehead atoms. The maximum Gasteiger partial charge on any atom is 0.228 e. The lowest BCUT2D eigenvalue weighted by Crippen LogP contribution is -2.51. The van der Waals surface area contributed by atoms with Crippen LogP contribution in [-0.4, -0.2) is 36.5 Å². The highest BCUT2D eigenvalue weighted by Crippen LogP contribution is 2.32. The van der Waals surface area contributed by atoms with Crippen LogP contribution in [-0.2, 0) is 4.79 Å². The number of amides is 1. The lowest BCUT2D eigenvalue weighted by molar-refractivity contribution is -0.144. The van der Waals surface area contributed by atoms with Gasteiger partial charge in [-0.2, -0.15) is 0 Å². The highest BCUT2D eigenvalue weighted by Gasteiger charge is 2.37. The van der Waals surface area contributed by atoms with Crippen LogP contribution in [0.1, 0.15) is 65.7 Å². The van der Waals surface area contributed by atoms with Gasteiger partial charge < -0.3 is 10.2 Å². The van der Waals surface area contributed by atoms with Crippen LogP contribution >= 0.6 is 0 Å². The lowest BCUT2D eigenvalue weighted by atomic mass is 9.83. The third kappa shape index (κ3) is 3.55. The molecule has 1 atom stereocenters. The van der Waals surface area contributed by atoms with Gasteiger partial charge in [0.15, 0.2) is 0 Å². The van der Waals surface area contributed by atoms with Crippen LogP contribution in [0.2, 0.25) is 0 Å². The van der Waals surface area contributed by atoms with Gasteiger partial charge in [0, 0.05) is 18.0 Å². The minimum atomic E-state index is -0.199. The molecule has 0 aliphatic carbocycles. The molecule has 3 heteroatoms. The lowest BCUT2D eigenvalue weighted by Gasteiger charge is -2.41. The van der Waals surface area contributed by atoms with E-state index in [2.05, 4.69) is 31.0 Å². The molecule has 2 rings (SSSR count). The number of nitrogens with one attached hydrogen (secondary N) is 1. The van der Waals surface area contributed by atoms with E-state index in [0.717, 1.165) is 26.1 Å². The number of carbonyl (C=O) groups excluding carboxylic acids is 1. The summed E-state index contributed by atoms with van der Waals surface area (Å²) in [4.78, 5) is 15.2. The van der Waals surface area contributed by atoms with Crippen molar-refractivity contribution in [2.45, 2.75) is 71.8 Å². The summed E-state index contributed by atoms with van der Waals surface area (Å²) in [6.07, 6.45) is 8.40. The Hall–Kier alpha value is -0.570. The van der Waals surface area contributed by atoms with Crippen molar-refractivity contribution in [3.05, 3.63) is 0 Å². The Bertz CT molecular complexity index is 321. The van der Waals surface area contributed by atoms with Crippen LogP contribution in [0.25, 0.3) is 0 Å². The summed E-state index contributed by atoms with van der Waals surface area (Å²) in [6.45, 7) is 9.59.